The predicted molar refractivity (Wildman–Crippen MR) is 72.7 cm³/mol. The Balaban J connectivity index is 2.38. The van der Waals surface area contributed by atoms with Crippen LogP contribution in [0.15, 0.2) is 24.4 Å². The topological polar surface area (TPSA) is 56.7 Å². The SMILES string of the molecule is CCc1ccc(-n2cc(C(C)(C)N)nn2)cc1C. The van der Waals surface area contributed by atoms with E-state index in [-0.39, 0.29) is 0 Å². The van der Waals surface area contributed by atoms with Crippen molar-refractivity contribution < 1.29 is 0 Å². The Morgan fingerprint density at radius 3 is 2.56 bits per heavy atom. The van der Waals surface area contributed by atoms with Crippen molar-refractivity contribution in [2.75, 3.05) is 0 Å². The lowest BCUT2D eigenvalue weighted by molar-refractivity contribution is 0.533. The molecule has 18 heavy (non-hydrogen) atoms. The van der Waals surface area contributed by atoms with Crippen molar-refractivity contribution in [3.05, 3.63) is 41.2 Å². The van der Waals surface area contributed by atoms with Crippen molar-refractivity contribution in [1.29, 1.82) is 0 Å². The fraction of sp³-hybridized carbons (Fsp3) is 0.429. The normalized spacial score (nSPS) is 11.8. The zero-order valence-corrected chi connectivity index (χ0v) is 11.4. The van der Waals surface area contributed by atoms with Crippen molar-refractivity contribution in [2.45, 2.75) is 39.7 Å². The highest BCUT2D eigenvalue weighted by molar-refractivity contribution is 5.39. The number of hydrogen-bond donors (Lipinski definition) is 1. The number of nitrogens with zero attached hydrogens (tertiary/aromatic N) is 3. The molecular formula is C14H20N4. The smallest absolute Gasteiger partial charge is 0.102 e. The molecular weight excluding hydrogens is 224 g/mol. The van der Waals surface area contributed by atoms with Gasteiger partial charge in [0.2, 0.25) is 0 Å². The van der Waals surface area contributed by atoms with Gasteiger partial charge in [0.1, 0.15) is 5.69 Å². The van der Waals surface area contributed by atoms with Gasteiger partial charge in [-0.3, -0.25) is 0 Å². The van der Waals surface area contributed by atoms with E-state index in [0.717, 1.165) is 17.8 Å². The summed E-state index contributed by atoms with van der Waals surface area (Å²) in [6.07, 6.45) is 2.94. The molecule has 0 aliphatic rings. The highest BCUT2D eigenvalue weighted by Gasteiger charge is 2.18. The Hall–Kier alpha value is -1.68. The molecule has 1 aromatic heterocycles. The van der Waals surface area contributed by atoms with Crippen LogP contribution in [0.25, 0.3) is 5.69 Å². The summed E-state index contributed by atoms with van der Waals surface area (Å²) in [5.41, 5.74) is 10.00. The molecule has 0 radical (unpaired) electrons. The minimum absolute atomic E-state index is 0.462. The quantitative estimate of drug-likeness (QED) is 0.901. The lowest BCUT2D eigenvalue weighted by Crippen LogP contribution is -2.29. The van der Waals surface area contributed by atoms with Gasteiger partial charge >= 0.3 is 0 Å². The lowest BCUT2D eigenvalue weighted by atomic mass is 10.0. The molecule has 2 N–H and O–H groups in total. The number of aromatic nitrogens is 3. The molecule has 0 aliphatic carbocycles. The van der Waals surface area contributed by atoms with Crippen LogP contribution in [0.5, 0.6) is 0 Å². The van der Waals surface area contributed by atoms with E-state index in [2.05, 4.69) is 42.4 Å². The molecule has 1 aromatic carbocycles. The van der Waals surface area contributed by atoms with Gasteiger partial charge in [0, 0.05) is 0 Å². The first kappa shape index (κ1) is 12.8. The number of aryl methyl sites for hydroxylation is 2. The summed E-state index contributed by atoms with van der Waals surface area (Å²) in [7, 11) is 0. The van der Waals surface area contributed by atoms with Crippen molar-refractivity contribution in [3.8, 4) is 5.69 Å². The first-order chi connectivity index (χ1) is 8.41. The maximum atomic E-state index is 6.01. The highest BCUT2D eigenvalue weighted by atomic mass is 15.4. The maximum absolute atomic E-state index is 6.01. The molecule has 2 rings (SSSR count). The monoisotopic (exact) mass is 244 g/mol. The Morgan fingerprint density at radius 1 is 1.33 bits per heavy atom. The molecule has 4 nitrogen and oxygen atoms in total. The van der Waals surface area contributed by atoms with Crippen LogP contribution in [0.3, 0.4) is 0 Å². The third-order valence-electron chi connectivity index (χ3n) is 3.13. The summed E-state index contributed by atoms with van der Waals surface area (Å²) in [4.78, 5) is 0. The largest absolute Gasteiger partial charge is 0.320 e. The van der Waals surface area contributed by atoms with E-state index in [1.807, 2.05) is 20.0 Å². The van der Waals surface area contributed by atoms with Crippen molar-refractivity contribution in [1.82, 2.24) is 15.0 Å². The Labute approximate surface area is 108 Å². The molecule has 96 valence electrons. The molecule has 0 unspecified atom stereocenters. The van der Waals surface area contributed by atoms with Crippen LogP contribution in [-0.4, -0.2) is 15.0 Å². The van der Waals surface area contributed by atoms with Gasteiger partial charge in [-0.2, -0.15) is 0 Å². The summed E-state index contributed by atoms with van der Waals surface area (Å²) in [6, 6.07) is 6.33. The molecule has 4 heteroatoms. The lowest BCUT2D eigenvalue weighted by Gasteiger charge is -2.13. The zero-order chi connectivity index (χ0) is 13.3. The van der Waals surface area contributed by atoms with E-state index >= 15 is 0 Å². The summed E-state index contributed by atoms with van der Waals surface area (Å²) >= 11 is 0. The molecule has 0 amide bonds. The molecule has 0 atom stereocenters. The van der Waals surface area contributed by atoms with Gasteiger partial charge in [-0.15, -0.1) is 5.10 Å². The molecule has 2 aromatic rings. The standard InChI is InChI=1S/C14H20N4/c1-5-11-6-7-12(8-10(11)2)18-9-13(16-17-18)14(3,4)15/h6-9H,5,15H2,1-4H3. The van der Waals surface area contributed by atoms with Gasteiger partial charge < -0.3 is 5.73 Å². The Kier molecular flexibility index (Phi) is 3.22. The van der Waals surface area contributed by atoms with Crippen LogP contribution in [0.4, 0.5) is 0 Å². The molecule has 0 aliphatic heterocycles. The average Bonchev–Trinajstić information content (AvgIpc) is 2.77. The fourth-order valence-electron chi connectivity index (χ4n) is 1.90. The highest BCUT2D eigenvalue weighted by Crippen LogP contribution is 2.17. The van der Waals surface area contributed by atoms with E-state index in [1.54, 1.807) is 4.68 Å². The minimum Gasteiger partial charge on any atom is -0.320 e. The third-order valence-corrected chi connectivity index (χ3v) is 3.13. The van der Waals surface area contributed by atoms with Crippen LogP contribution >= 0.6 is 0 Å². The molecule has 0 spiro atoms. The Bertz CT molecular complexity index is 549. The van der Waals surface area contributed by atoms with Crippen LogP contribution in [0.2, 0.25) is 0 Å². The van der Waals surface area contributed by atoms with E-state index in [1.165, 1.54) is 11.1 Å². The van der Waals surface area contributed by atoms with E-state index in [9.17, 15) is 0 Å². The minimum atomic E-state index is -0.462. The number of rotatable bonds is 3. The van der Waals surface area contributed by atoms with Crippen LogP contribution in [-0.2, 0) is 12.0 Å². The van der Waals surface area contributed by atoms with Gasteiger partial charge in [0.05, 0.1) is 17.4 Å². The summed E-state index contributed by atoms with van der Waals surface area (Å²) in [6.45, 7) is 8.12. The number of hydrogen-bond acceptors (Lipinski definition) is 3. The van der Waals surface area contributed by atoms with Gasteiger partial charge in [-0.1, -0.05) is 18.2 Å². The predicted octanol–water partition coefficient (Wildman–Crippen LogP) is 2.33. The summed E-state index contributed by atoms with van der Waals surface area (Å²) in [5, 5.41) is 8.26. The fourth-order valence-corrected chi connectivity index (χ4v) is 1.90. The van der Waals surface area contributed by atoms with Gasteiger partial charge in [0.15, 0.2) is 0 Å². The van der Waals surface area contributed by atoms with Crippen molar-refractivity contribution in [2.24, 2.45) is 5.73 Å². The van der Waals surface area contributed by atoms with Crippen molar-refractivity contribution >= 4 is 0 Å². The zero-order valence-electron chi connectivity index (χ0n) is 11.4. The molecule has 0 fully saturated rings. The van der Waals surface area contributed by atoms with Crippen molar-refractivity contribution in [3.63, 3.8) is 0 Å². The average molecular weight is 244 g/mol. The summed E-state index contributed by atoms with van der Waals surface area (Å²) < 4.78 is 1.77. The van der Waals surface area contributed by atoms with E-state index < -0.39 is 5.54 Å². The second-order valence-corrected chi connectivity index (χ2v) is 5.23. The second-order valence-electron chi connectivity index (χ2n) is 5.23. The molecule has 0 saturated carbocycles. The third kappa shape index (κ3) is 2.43. The molecule has 1 heterocycles. The number of nitrogens with two attached hydrogens (primary N) is 1. The first-order valence-corrected chi connectivity index (χ1v) is 6.23. The first-order valence-electron chi connectivity index (χ1n) is 6.23. The summed E-state index contributed by atoms with van der Waals surface area (Å²) in [5.74, 6) is 0. The van der Waals surface area contributed by atoms with Gasteiger partial charge in [-0.05, 0) is 50.5 Å². The van der Waals surface area contributed by atoms with Crippen LogP contribution < -0.4 is 5.73 Å². The number of benzene rings is 1. The molecule has 0 saturated heterocycles. The second kappa shape index (κ2) is 4.53. The van der Waals surface area contributed by atoms with Crippen LogP contribution in [0, 0.1) is 6.92 Å². The Morgan fingerprint density at radius 2 is 2.06 bits per heavy atom. The van der Waals surface area contributed by atoms with E-state index in [4.69, 9.17) is 5.73 Å². The van der Waals surface area contributed by atoms with Gasteiger partial charge in [-0.25, -0.2) is 4.68 Å². The maximum Gasteiger partial charge on any atom is 0.102 e. The van der Waals surface area contributed by atoms with E-state index in [0.29, 0.717) is 0 Å². The molecule has 0 bridgehead atoms. The van der Waals surface area contributed by atoms with Crippen LogP contribution in [0.1, 0.15) is 37.6 Å². The van der Waals surface area contributed by atoms with Gasteiger partial charge in [0.25, 0.3) is 0 Å².